The molecule has 2 rings (SSSR count). The first-order valence-corrected chi connectivity index (χ1v) is 9.56. The zero-order chi connectivity index (χ0) is 21.4. The molecule has 0 aromatic heterocycles. The molecule has 8 heteroatoms. The number of amides is 1. The van der Waals surface area contributed by atoms with Crippen molar-refractivity contribution in [2.45, 2.75) is 26.8 Å². The second-order valence-electron chi connectivity index (χ2n) is 6.79. The third-order valence-electron chi connectivity index (χ3n) is 4.50. The van der Waals surface area contributed by atoms with E-state index >= 15 is 0 Å². The second-order valence-corrected chi connectivity index (χ2v) is 6.79. The van der Waals surface area contributed by atoms with Crippen LogP contribution in [0.3, 0.4) is 0 Å². The van der Waals surface area contributed by atoms with Gasteiger partial charge in [0.1, 0.15) is 5.69 Å². The molecular weight excluding hydrogens is 372 g/mol. The minimum atomic E-state index is -0.508. The van der Waals surface area contributed by atoms with Crippen molar-refractivity contribution in [1.82, 2.24) is 0 Å². The predicted molar refractivity (Wildman–Crippen MR) is 116 cm³/mol. The molecule has 0 aliphatic carbocycles. The van der Waals surface area contributed by atoms with Crippen LogP contribution in [0.5, 0.6) is 0 Å². The number of nitrogens with one attached hydrogen (secondary N) is 2. The van der Waals surface area contributed by atoms with Crippen LogP contribution in [0, 0.1) is 10.1 Å². The summed E-state index contributed by atoms with van der Waals surface area (Å²) in [6.07, 6.45) is 0. The van der Waals surface area contributed by atoms with Gasteiger partial charge in [0.05, 0.1) is 11.5 Å². The van der Waals surface area contributed by atoms with E-state index in [1.54, 1.807) is 13.2 Å². The third kappa shape index (κ3) is 5.92. The Morgan fingerprint density at radius 1 is 1.21 bits per heavy atom. The van der Waals surface area contributed by atoms with Gasteiger partial charge in [0.15, 0.2) is 0 Å². The first-order valence-electron chi connectivity index (χ1n) is 9.56. The summed E-state index contributed by atoms with van der Waals surface area (Å²) in [5.74, 6) is -0.402. The van der Waals surface area contributed by atoms with Crippen molar-refractivity contribution in [3.05, 3.63) is 58.1 Å². The van der Waals surface area contributed by atoms with Crippen LogP contribution in [0.2, 0.25) is 0 Å². The third-order valence-corrected chi connectivity index (χ3v) is 4.50. The Hall–Kier alpha value is -3.13. The van der Waals surface area contributed by atoms with Crippen LogP contribution in [0.15, 0.2) is 42.5 Å². The molecular formula is C21H28N4O4. The molecule has 1 amide bonds. The molecule has 2 aromatic rings. The van der Waals surface area contributed by atoms with Crippen molar-refractivity contribution < 1.29 is 14.5 Å². The van der Waals surface area contributed by atoms with Gasteiger partial charge in [-0.15, -0.1) is 0 Å². The maximum atomic E-state index is 12.6. The molecule has 0 saturated carbocycles. The van der Waals surface area contributed by atoms with Crippen LogP contribution < -0.4 is 15.5 Å². The van der Waals surface area contributed by atoms with Crippen molar-refractivity contribution in [3.63, 3.8) is 0 Å². The van der Waals surface area contributed by atoms with Gasteiger partial charge >= 0.3 is 0 Å². The molecule has 2 N–H and O–H groups in total. The maximum Gasteiger partial charge on any atom is 0.293 e. The van der Waals surface area contributed by atoms with Gasteiger partial charge in [0.25, 0.3) is 11.6 Å². The number of carbonyl (C=O) groups is 1. The Morgan fingerprint density at radius 3 is 2.45 bits per heavy atom. The molecule has 0 radical (unpaired) electrons. The number of anilines is 3. The molecule has 0 unspecified atom stereocenters. The highest BCUT2D eigenvalue weighted by molar-refractivity contribution is 6.05. The van der Waals surface area contributed by atoms with Gasteiger partial charge in [-0.2, -0.15) is 0 Å². The lowest BCUT2D eigenvalue weighted by Gasteiger charge is -2.27. The van der Waals surface area contributed by atoms with E-state index < -0.39 is 10.8 Å². The number of ether oxygens (including phenoxy) is 1. The molecule has 0 aliphatic heterocycles. The van der Waals surface area contributed by atoms with Gasteiger partial charge in [-0.05, 0) is 57.2 Å². The van der Waals surface area contributed by atoms with Gasteiger partial charge < -0.3 is 20.3 Å². The van der Waals surface area contributed by atoms with E-state index in [0.29, 0.717) is 30.6 Å². The van der Waals surface area contributed by atoms with Crippen molar-refractivity contribution in [2.24, 2.45) is 0 Å². The van der Waals surface area contributed by atoms with Crippen LogP contribution in [-0.2, 0) is 4.74 Å². The molecule has 0 atom stereocenters. The number of benzene rings is 2. The normalized spacial score (nSPS) is 10.7. The van der Waals surface area contributed by atoms with Crippen molar-refractivity contribution in [3.8, 4) is 0 Å². The lowest BCUT2D eigenvalue weighted by molar-refractivity contribution is -0.384. The Morgan fingerprint density at radius 2 is 1.90 bits per heavy atom. The number of nitrogens with zero attached hydrogens (tertiary/aromatic N) is 2. The van der Waals surface area contributed by atoms with Crippen LogP contribution in [0.4, 0.5) is 22.7 Å². The number of nitro benzene ring substituents is 1. The molecule has 156 valence electrons. The maximum absolute atomic E-state index is 12.6. The Bertz CT molecular complexity index is 837. The number of nitro groups is 1. The average Bonchev–Trinajstić information content (AvgIpc) is 2.69. The fourth-order valence-corrected chi connectivity index (χ4v) is 3.05. The smallest absolute Gasteiger partial charge is 0.293 e. The van der Waals surface area contributed by atoms with Crippen molar-refractivity contribution in [2.75, 3.05) is 42.3 Å². The summed E-state index contributed by atoms with van der Waals surface area (Å²) in [7, 11) is 1.55. The summed E-state index contributed by atoms with van der Waals surface area (Å²) in [6.45, 7) is 8.08. The Labute approximate surface area is 171 Å². The summed E-state index contributed by atoms with van der Waals surface area (Å²) in [4.78, 5) is 25.7. The standard InChI is InChI=1S/C21H28N4O4/c1-5-24(15(2)3)18-9-7-17(8-10-18)23-21(26)16-6-11-19(22-12-13-29-4)20(14-16)25(27)28/h6-11,14-15,22H,5,12-13H2,1-4H3,(H,23,26). The summed E-state index contributed by atoms with van der Waals surface area (Å²) in [5, 5.41) is 17.1. The van der Waals surface area contributed by atoms with E-state index in [9.17, 15) is 14.9 Å². The lowest BCUT2D eigenvalue weighted by atomic mass is 10.1. The van der Waals surface area contributed by atoms with Crippen LogP contribution in [0.1, 0.15) is 31.1 Å². The highest BCUT2D eigenvalue weighted by Crippen LogP contribution is 2.26. The van der Waals surface area contributed by atoms with Crippen LogP contribution in [0.25, 0.3) is 0 Å². The first kappa shape index (κ1) is 22.2. The topological polar surface area (TPSA) is 96.7 Å². The molecule has 0 saturated heterocycles. The number of hydrogen-bond acceptors (Lipinski definition) is 6. The van der Waals surface area contributed by atoms with Crippen molar-refractivity contribution >= 4 is 28.7 Å². The van der Waals surface area contributed by atoms with E-state index in [4.69, 9.17) is 4.74 Å². The lowest BCUT2D eigenvalue weighted by Crippen LogP contribution is -2.30. The second kappa shape index (κ2) is 10.4. The minimum Gasteiger partial charge on any atom is -0.383 e. The van der Waals surface area contributed by atoms with Gasteiger partial charge in [-0.25, -0.2) is 0 Å². The summed E-state index contributed by atoms with van der Waals surface area (Å²) in [6, 6.07) is 12.3. The molecule has 0 bridgehead atoms. The summed E-state index contributed by atoms with van der Waals surface area (Å²) >= 11 is 0. The largest absolute Gasteiger partial charge is 0.383 e. The molecule has 29 heavy (non-hydrogen) atoms. The monoisotopic (exact) mass is 400 g/mol. The molecule has 0 fully saturated rings. The first-order chi connectivity index (χ1) is 13.9. The molecule has 2 aromatic carbocycles. The zero-order valence-electron chi connectivity index (χ0n) is 17.3. The predicted octanol–water partition coefficient (Wildman–Crippen LogP) is 4.14. The highest BCUT2D eigenvalue weighted by atomic mass is 16.6. The fraction of sp³-hybridized carbons (Fsp3) is 0.381. The van der Waals surface area contributed by atoms with E-state index in [-0.39, 0.29) is 11.3 Å². The zero-order valence-corrected chi connectivity index (χ0v) is 17.3. The van der Waals surface area contributed by atoms with E-state index in [1.807, 2.05) is 24.3 Å². The van der Waals surface area contributed by atoms with Crippen LogP contribution >= 0.6 is 0 Å². The summed E-state index contributed by atoms with van der Waals surface area (Å²) in [5.41, 5.74) is 2.11. The fourth-order valence-electron chi connectivity index (χ4n) is 3.05. The number of carbonyl (C=O) groups excluding carboxylic acids is 1. The van der Waals surface area contributed by atoms with E-state index in [1.165, 1.54) is 12.1 Å². The summed E-state index contributed by atoms with van der Waals surface area (Å²) < 4.78 is 4.94. The minimum absolute atomic E-state index is 0.153. The molecule has 0 heterocycles. The van der Waals surface area contributed by atoms with Crippen LogP contribution in [-0.4, -0.2) is 43.7 Å². The van der Waals surface area contributed by atoms with Gasteiger partial charge in [0.2, 0.25) is 0 Å². The van der Waals surface area contributed by atoms with E-state index in [0.717, 1.165) is 12.2 Å². The molecule has 8 nitrogen and oxygen atoms in total. The quantitative estimate of drug-likeness (QED) is 0.353. The highest BCUT2D eigenvalue weighted by Gasteiger charge is 2.18. The SMILES string of the molecule is CCN(c1ccc(NC(=O)c2ccc(NCCOC)c([N+](=O)[O-])c2)cc1)C(C)C. The number of hydrogen-bond donors (Lipinski definition) is 2. The van der Waals surface area contributed by atoms with Gasteiger partial charge in [-0.1, -0.05) is 0 Å². The molecule has 0 aliphatic rings. The van der Waals surface area contributed by atoms with Crippen molar-refractivity contribution in [1.29, 1.82) is 0 Å². The number of methoxy groups -OCH3 is 1. The molecule has 0 spiro atoms. The van der Waals surface area contributed by atoms with Gasteiger partial charge in [-0.3, -0.25) is 14.9 Å². The van der Waals surface area contributed by atoms with Gasteiger partial charge in [0, 0.05) is 49.2 Å². The number of rotatable bonds is 10. The van der Waals surface area contributed by atoms with E-state index in [2.05, 4.69) is 36.3 Å². The average molecular weight is 400 g/mol. The Kier molecular flexibility index (Phi) is 7.97. The Balaban J connectivity index is 2.14.